The summed E-state index contributed by atoms with van der Waals surface area (Å²) in [5.74, 6) is 0.543. The van der Waals surface area contributed by atoms with Crippen molar-refractivity contribution in [2.24, 2.45) is 0 Å². The lowest BCUT2D eigenvalue weighted by atomic mass is 10.2. The van der Waals surface area contributed by atoms with Crippen molar-refractivity contribution in [2.75, 3.05) is 19.6 Å². The molecular formula is C23H24N6O3S. The molecule has 1 aliphatic heterocycles. The van der Waals surface area contributed by atoms with Crippen LogP contribution in [0.1, 0.15) is 31.1 Å². The molecule has 33 heavy (non-hydrogen) atoms. The Bertz CT molecular complexity index is 1450. The van der Waals surface area contributed by atoms with Crippen LogP contribution < -0.4 is 0 Å². The Kier molecular flexibility index (Phi) is 5.62. The standard InChI is InChI=1S/C23H24N6O3S/c24-10-4-5-11-27-12-8-17(15-27)29-21(16-30)26-20-14-25-23-19(22(20)29)9-13-28(23)33(31,32)18-6-2-1-3-7-18/h1-3,6-7,9,13-14,17,30H,4-5,8,11-12,15-16H2. The van der Waals surface area contributed by atoms with Crippen molar-refractivity contribution >= 4 is 32.1 Å². The number of nitrogens with zero attached hydrogens (tertiary/aromatic N) is 6. The first-order valence-electron chi connectivity index (χ1n) is 10.9. The van der Waals surface area contributed by atoms with E-state index in [0.29, 0.717) is 28.8 Å². The van der Waals surface area contributed by atoms with Crippen LogP contribution in [0.25, 0.3) is 22.1 Å². The van der Waals surface area contributed by atoms with Crippen LogP contribution in [-0.4, -0.2) is 56.6 Å². The SMILES string of the molecule is N#CCCCN1CCC(n2c(CO)nc3cnc4c(ccn4S(=O)(=O)c4ccccc4)c32)C1. The van der Waals surface area contributed by atoms with Gasteiger partial charge >= 0.3 is 0 Å². The number of hydrogen-bond acceptors (Lipinski definition) is 7. The van der Waals surface area contributed by atoms with Gasteiger partial charge in [0.2, 0.25) is 0 Å². The van der Waals surface area contributed by atoms with Crippen LogP contribution in [0.3, 0.4) is 0 Å². The fourth-order valence-electron chi connectivity index (χ4n) is 4.71. The number of likely N-dealkylation sites (tertiary alicyclic amines) is 1. The lowest BCUT2D eigenvalue weighted by Crippen LogP contribution is -2.23. The molecule has 10 heteroatoms. The van der Waals surface area contributed by atoms with E-state index in [4.69, 9.17) is 5.26 Å². The van der Waals surface area contributed by atoms with Crippen LogP contribution in [0.2, 0.25) is 0 Å². The number of aliphatic hydroxyl groups excluding tert-OH is 1. The van der Waals surface area contributed by atoms with E-state index in [0.717, 1.165) is 38.0 Å². The highest BCUT2D eigenvalue weighted by molar-refractivity contribution is 7.90. The summed E-state index contributed by atoms with van der Waals surface area (Å²) in [6.45, 7) is 2.33. The fraction of sp³-hybridized carbons (Fsp3) is 0.348. The number of benzene rings is 1. The molecule has 0 bridgehead atoms. The van der Waals surface area contributed by atoms with Gasteiger partial charge in [0.05, 0.1) is 22.7 Å². The van der Waals surface area contributed by atoms with E-state index < -0.39 is 10.0 Å². The predicted octanol–water partition coefficient (Wildman–Crippen LogP) is 2.67. The summed E-state index contributed by atoms with van der Waals surface area (Å²) in [4.78, 5) is 11.5. The monoisotopic (exact) mass is 464 g/mol. The molecule has 1 N–H and O–H groups in total. The van der Waals surface area contributed by atoms with Crippen LogP contribution in [-0.2, 0) is 16.6 Å². The summed E-state index contributed by atoms with van der Waals surface area (Å²) < 4.78 is 29.7. The van der Waals surface area contributed by atoms with Gasteiger partial charge in [0.15, 0.2) is 5.65 Å². The lowest BCUT2D eigenvalue weighted by Gasteiger charge is -2.18. The van der Waals surface area contributed by atoms with Crippen molar-refractivity contribution < 1.29 is 13.5 Å². The minimum atomic E-state index is -3.80. The zero-order valence-electron chi connectivity index (χ0n) is 18.0. The number of pyridine rings is 1. The molecule has 1 aliphatic rings. The van der Waals surface area contributed by atoms with Crippen LogP contribution in [0.4, 0.5) is 0 Å². The number of unbranched alkanes of at least 4 members (excludes halogenated alkanes) is 1. The zero-order valence-corrected chi connectivity index (χ0v) is 18.8. The first-order chi connectivity index (χ1) is 16.0. The molecule has 1 saturated heterocycles. The van der Waals surface area contributed by atoms with Crippen LogP contribution in [0.15, 0.2) is 53.7 Å². The van der Waals surface area contributed by atoms with Gasteiger partial charge in [-0.3, -0.25) is 0 Å². The first kappa shape index (κ1) is 21.6. The van der Waals surface area contributed by atoms with Crippen molar-refractivity contribution in [2.45, 2.75) is 36.8 Å². The Hall–Kier alpha value is -3.26. The minimum absolute atomic E-state index is 0.0962. The fourth-order valence-corrected chi connectivity index (χ4v) is 6.03. The number of fused-ring (bicyclic) bond motifs is 3. The third-order valence-electron chi connectivity index (χ3n) is 6.22. The maximum atomic E-state index is 13.2. The molecule has 170 valence electrons. The highest BCUT2D eigenvalue weighted by atomic mass is 32.2. The number of nitriles is 1. The molecule has 0 amide bonds. The Balaban J connectivity index is 1.60. The molecule has 0 radical (unpaired) electrons. The molecule has 0 aliphatic carbocycles. The molecule has 0 spiro atoms. The average Bonchev–Trinajstić information content (AvgIpc) is 3.55. The van der Waals surface area contributed by atoms with Crippen molar-refractivity contribution in [3.8, 4) is 6.07 Å². The van der Waals surface area contributed by atoms with E-state index in [1.807, 2.05) is 4.57 Å². The molecule has 1 unspecified atom stereocenters. The van der Waals surface area contributed by atoms with E-state index in [1.165, 1.54) is 10.2 Å². The molecule has 3 aromatic heterocycles. The van der Waals surface area contributed by atoms with E-state index >= 15 is 0 Å². The average molecular weight is 465 g/mol. The van der Waals surface area contributed by atoms with Gasteiger partial charge in [-0.25, -0.2) is 22.4 Å². The number of hydrogen-bond donors (Lipinski definition) is 1. The second-order valence-electron chi connectivity index (χ2n) is 8.22. The maximum absolute atomic E-state index is 13.2. The largest absolute Gasteiger partial charge is 0.388 e. The Morgan fingerprint density at radius 1 is 1.21 bits per heavy atom. The Morgan fingerprint density at radius 3 is 2.79 bits per heavy atom. The van der Waals surface area contributed by atoms with E-state index in [1.54, 1.807) is 42.6 Å². The molecule has 4 heterocycles. The molecule has 1 fully saturated rings. The summed E-state index contributed by atoms with van der Waals surface area (Å²) in [7, 11) is -3.80. The summed E-state index contributed by atoms with van der Waals surface area (Å²) in [5.41, 5.74) is 1.75. The highest BCUT2D eigenvalue weighted by Gasteiger charge is 2.29. The molecule has 4 aromatic rings. The molecular weight excluding hydrogens is 440 g/mol. The van der Waals surface area contributed by atoms with Gasteiger partial charge in [0.25, 0.3) is 10.0 Å². The van der Waals surface area contributed by atoms with Crippen molar-refractivity contribution in [1.29, 1.82) is 5.26 Å². The van der Waals surface area contributed by atoms with Gasteiger partial charge in [-0.2, -0.15) is 5.26 Å². The van der Waals surface area contributed by atoms with E-state index in [-0.39, 0.29) is 17.5 Å². The Morgan fingerprint density at radius 2 is 2.03 bits per heavy atom. The maximum Gasteiger partial charge on any atom is 0.269 e. The summed E-state index contributed by atoms with van der Waals surface area (Å²) in [6, 6.07) is 12.3. The zero-order chi connectivity index (χ0) is 23.0. The summed E-state index contributed by atoms with van der Waals surface area (Å²) in [5, 5.41) is 19.5. The van der Waals surface area contributed by atoms with Crippen LogP contribution >= 0.6 is 0 Å². The van der Waals surface area contributed by atoms with Crippen molar-refractivity contribution in [1.82, 2.24) is 23.4 Å². The quantitative estimate of drug-likeness (QED) is 0.418. The van der Waals surface area contributed by atoms with Crippen molar-refractivity contribution in [3.05, 3.63) is 54.6 Å². The van der Waals surface area contributed by atoms with Gasteiger partial charge in [0, 0.05) is 37.1 Å². The van der Waals surface area contributed by atoms with Crippen LogP contribution in [0.5, 0.6) is 0 Å². The van der Waals surface area contributed by atoms with E-state index in [9.17, 15) is 13.5 Å². The number of imidazole rings is 1. The Labute approximate surface area is 191 Å². The normalized spacial score (nSPS) is 17.2. The van der Waals surface area contributed by atoms with Gasteiger partial charge in [-0.1, -0.05) is 18.2 Å². The molecule has 1 atom stereocenters. The van der Waals surface area contributed by atoms with Gasteiger partial charge in [-0.05, 0) is 37.6 Å². The highest BCUT2D eigenvalue weighted by Crippen LogP contribution is 2.33. The van der Waals surface area contributed by atoms with Gasteiger partial charge in [0.1, 0.15) is 17.9 Å². The lowest BCUT2D eigenvalue weighted by molar-refractivity contribution is 0.259. The van der Waals surface area contributed by atoms with Crippen LogP contribution in [0, 0.1) is 11.3 Å². The van der Waals surface area contributed by atoms with Crippen molar-refractivity contribution in [3.63, 3.8) is 0 Å². The number of aromatic nitrogens is 4. The predicted molar refractivity (Wildman–Crippen MR) is 123 cm³/mol. The minimum Gasteiger partial charge on any atom is -0.388 e. The van der Waals surface area contributed by atoms with Gasteiger partial charge in [-0.15, -0.1) is 0 Å². The third-order valence-corrected chi connectivity index (χ3v) is 7.90. The number of aliphatic hydroxyl groups is 1. The topological polar surface area (TPSA) is 117 Å². The van der Waals surface area contributed by atoms with E-state index in [2.05, 4.69) is 20.9 Å². The second-order valence-corrected chi connectivity index (χ2v) is 10.0. The second kappa shape index (κ2) is 8.59. The molecule has 5 rings (SSSR count). The molecule has 9 nitrogen and oxygen atoms in total. The molecule has 1 aromatic carbocycles. The summed E-state index contributed by atoms with van der Waals surface area (Å²) >= 11 is 0. The third kappa shape index (κ3) is 3.68. The summed E-state index contributed by atoms with van der Waals surface area (Å²) in [6.07, 6.45) is 5.35. The molecule has 0 saturated carbocycles. The number of rotatable bonds is 7. The first-order valence-corrected chi connectivity index (χ1v) is 12.4. The van der Waals surface area contributed by atoms with Gasteiger partial charge < -0.3 is 14.6 Å². The smallest absolute Gasteiger partial charge is 0.269 e.